The van der Waals surface area contributed by atoms with Gasteiger partial charge in [0.25, 0.3) is 0 Å². The van der Waals surface area contributed by atoms with Crippen LogP contribution in [0.15, 0.2) is 48.5 Å². The molecule has 4 N–H and O–H groups in total. The van der Waals surface area contributed by atoms with Gasteiger partial charge in [-0.25, -0.2) is 9.59 Å². The fourth-order valence-electron chi connectivity index (χ4n) is 3.79. The molecule has 0 aromatic heterocycles. The van der Waals surface area contributed by atoms with Crippen LogP contribution in [0.1, 0.15) is 37.3 Å². The molecule has 0 saturated carbocycles. The summed E-state index contributed by atoms with van der Waals surface area (Å²) in [7, 11) is 0. The predicted molar refractivity (Wildman–Crippen MR) is 118 cm³/mol. The molecule has 3 atom stereocenters. The third-order valence-electron chi connectivity index (χ3n) is 5.85. The molecule has 0 heterocycles. The molecule has 1 aliphatic carbocycles. The zero-order valence-corrected chi connectivity index (χ0v) is 18.1. The number of alkyl carbamates (subject to hydrolysis) is 1. The lowest BCUT2D eigenvalue weighted by Crippen LogP contribution is -2.45. The summed E-state index contributed by atoms with van der Waals surface area (Å²) < 4.78 is 5.50. The molecule has 0 fully saturated rings. The fraction of sp³-hybridized carbons (Fsp3) is 0.375. The SMILES string of the molecule is CC(NC(=O)OCC1c2ccccc2-c2ccccc21)C(C)C(=O)NCC[C@H](O)C(=O)O. The second-order valence-corrected chi connectivity index (χ2v) is 7.98. The maximum absolute atomic E-state index is 12.4. The van der Waals surface area contributed by atoms with E-state index in [1.807, 2.05) is 36.4 Å². The minimum Gasteiger partial charge on any atom is -0.479 e. The van der Waals surface area contributed by atoms with Crippen molar-refractivity contribution >= 4 is 18.0 Å². The average Bonchev–Trinajstić information content (AvgIpc) is 3.10. The zero-order chi connectivity index (χ0) is 23.3. The van der Waals surface area contributed by atoms with E-state index < -0.39 is 30.1 Å². The summed E-state index contributed by atoms with van der Waals surface area (Å²) in [6, 6.07) is 15.6. The number of carboxylic acid groups (broad SMARTS) is 1. The van der Waals surface area contributed by atoms with Crippen LogP contribution >= 0.6 is 0 Å². The summed E-state index contributed by atoms with van der Waals surface area (Å²) in [5, 5.41) is 23.2. The second-order valence-electron chi connectivity index (χ2n) is 7.98. The molecule has 0 spiro atoms. The van der Waals surface area contributed by atoms with Gasteiger partial charge in [-0.15, -0.1) is 0 Å². The number of carbonyl (C=O) groups is 3. The van der Waals surface area contributed by atoms with Crippen molar-refractivity contribution in [1.82, 2.24) is 10.6 Å². The van der Waals surface area contributed by atoms with Gasteiger partial charge in [0.05, 0.1) is 5.92 Å². The monoisotopic (exact) mass is 440 g/mol. The molecule has 1 aliphatic rings. The molecular weight excluding hydrogens is 412 g/mol. The topological polar surface area (TPSA) is 125 Å². The molecule has 0 radical (unpaired) electrons. The minimum absolute atomic E-state index is 0.0221. The molecule has 2 aromatic carbocycles. The highest BCUT2D eigenvalue weighted by Gasteiger charge is 2.29. The Balaban J connectivity index is 1.50. The van der Waals surface area contributed by atoms with Crippen molar-refractivity contribution in [3.8, 4) is 11.1 Å². The van der Waals surface area contributed by atoms with Crippen LogP contribution in [-0.4, -0.2) is 53.5 Å². The maximum atomic E-state index is 12.4. The average molecular weight is 440 g/mol. The fourth-order valence-corrected chi connectivity index (χ4v) is 3.79. The van der Waals surface area contributed by atoms with Crippen LogP contribution in [0, 0.1) is 5.92 Å². The van der Waals surface area contributed by atoms with Gasteiger partial charge in [-0.3, -0.25) is 4.79 Å². The number of carboxylic acids is 1. The number of ether oxygens (including phenoxy) is 1. The van der Waals surface area contributed by atoms with Crippen LogP contribution in [0.4, 0.5) is 4.79 Å². The Morgan fingerprint density at radius 3 is 2.12 bits per heavy atom. The van der Waals surface area contributed by atoms with Gasteiger partial charge < -0.3 is 25.6 Å². The van der Waals surface area contributed by atoms with Crippen LogP contribution < -0.4 is 10.6 Å². The first-order valence-electron chi connectivity index (χ1n) is 10.6. The number of fused-ring (bicyclic) bond motifs is 3. The van der Waals surface area contributed by atoms with Crippen LogP contribution in [0.5, 0.6) is 0 Å². The number of carbonyl (C=O) groups excluding carboxylic acids is 2. The Kier molecular flexibility index (Phi) is 7.48. The quantitative estimate of drug-likeness (QED) is 0.475. The Morgan fingerprint density at radius 1 is 1.00 bits per heavy atom. The van der Waals surface area contributed by atoms with Gasteiger partial charge in [0.1, 0.15) is 6.61 Å². The summed E-state index contributed by atoms with van der Waals surface area (Å²) in [5.74, 6) is -2.31. The number of amides is 2. The highest BCUT2D eigenvalue weighted by molar-refractivity contribution is 5.80. The van der Waals surface area contributed by atoms with E-state index >= 15 is 0 Å². The normalized spacial score (nSPS) is 15.1. The van der Waals surface area contributed by atoms with Crippen molar-refractivity contribution in [3.63, 3.8) is 0 Å². The van der Waals surface area contributed by atoms with Crippen molar-refractivity contribution in [2.24, 2.45) is 5.92 Å². The van der Waals surface area contributed by atoms with Gasteiger partial charge in [0.2, 0.25) is 5.91 Å². The Labute approximate surface area is 186 Å². The number of nitrogens with one attached hydrogen (secondary N) is 2. The second kappa shape index (κ2) is 10.3. The molecule has 32 heavy (non-hydrogen) atoms. The number of hydrogen-bond donors (Lipinski definition) is 4. The van der Waals surface area contributed by atoms with Crippen molar-refractivity contribution in [3.05, 3.63) is 59.7 Å². The number of rotatable bonds is 9. The molecule has 2 aromatic rings. The summed E-state index contributed by atoms with van der Waals surface area (Å²) in [6.07, 6.45) is -2.23. The lowest BCUT2D eigenvalue weighted by molar-refractivity contribution is -0.147. The van der Waals surface area contributed by atoms with E-state index in [1.54, 1.807) is 13.8 Å². The summed E-state index contributed by atoms with van der Waals surface area (Å²) >= 11 is 0. The van der Waals surface area contributed by atoms with Gasteiger partial charge in [0.15, 0.2) is 6.10 Å². The predicted octanol–water partition coefficient (Wildman–Crippen LogP) is 2.50. The standard InChI is InChI=1S/C24H28N2O6/c1-14(22(28)25-12-11-21(27)23(29)30)15(2)26-24(31)32-13-20-18-9-5-3-7-16(18)17-8-4-6-10-19(17)20/h3-10,14-15,20-21,27H,11-13H2,1-2H3,(H,25,28)(H,26,31)(H,29,30)/t14?,15?,21-/m0/s1. The molecule has 170 valence electrons. The van der Waals surface area contributed by atoms with E-state index in [0.717, 1.165) is 22.3 Å². The summed E-state index contributed by atoms with van der Waals surface area (Å²) in [5.41, 5.74) is 4.52. The van der Waals surface area contributed by atoms with Crippen molar-refractivity contribution in [2.75, 3.05) is 13.2 Å². The molecule has 0 aliphatic heterocycles. The molecule has 8 nitrogen and oxygen atoms in total. The van der Waals surface area contributed by atoms with Crippen LogP contribution in [0.25, 0.3) is 11.1 Å². The van der Waals surface area contributed by atoms with Gasteiger partial charge >= 0.3 is 12.1 Å². The van der Waals surface area contributed by atoms with Crippen molar-refractivity contribution in [1.29, 1.82) is 0 Å². The molecule has 2 amide bonds. The third-order valence-corrected chi connectivity index (χ3v) is 5.85. The van der Waals surface area contributed by atoms with Crippen molar-refractivity contribution in [2.45, 2.75) is 38.3 Å². The van der Waals surface area contributed by atoms with Gasteiger partial charge in [-0.1, -0.05) is 55.5 Å². The van der Waals surface area contributed by atoms with Gasteiger partial charge in [-0.05, 0) is 29.2 Å². The minimum atomic E-state index is -1.53. The zero-order valence-electron chi connectivity index (χ0n) is 18.1. The van der Waals surface area contributed by atoms with E-state index in [1.165, 1.54) is 0 Å². The first-order chi connectivity index (χ1) is 15.3. The molecule has 3 rings (SSSR count). The number of aliphatic hydroxyl groups is 1. The highest BCUT2D eigenvalue weighted by atomic mass is 16.5. The Hall–Kier alpha value is -3.39. The maximum Gasteiger partial charge on any atom is 0.407 e. The Bertz CT molecular complexity index is 946. The van der Waals surface area contributed by atoms with E-state index in [4.69, 9.17) is 9.84 Å². The number of aliphatic carboxylic acids is 1. The first-order valence-corrected chi connectivity index (χ1v) is 10.6. The third kappa shape index (κ3) is 5.26. The van der Waals surface area contributed by atoms with Gasteiger partial charge in [-0.2, -0.15) is 0 Å². The number of hydrogen-bond acceptors (Lipinski definition) is 5. The lowest BCUT2D eigenvalue weighted by Gasteiger charge is -2.21. The lowest BCUT2D eigenvalue weighted by atomic mass is 9.98. The van der Waals surface area contributed by atoms with Crippen LogP contribution in [0.2, 0.25) is 0 Å². The van der Waals surface area contributed by atoms with E-state index in [2.05, 4.69) is 22.8 Å². The largest absolute Gasteiger partial charge is 0.479 e. The first kappa shape index (κ1) is 23.3. The number of benzene rings is 2. The summed E-state index contributed by atoms with van der Waals surface area (Å²) in [4.78, 5) is 35.2. The molecule has 2 unspecified atom stereocenters. The molecule has 0 bridgehead atoms. The van der Waals surface area contributed by atoms with Crippen LogP contribution in [-0.2, 0) is 14.3 Å². The van der Waals surface area contributed by atoms with Crippen molar-refractivity contribution < 1.29 is 29.3 Å². The summed E-state index contributed by atoms with van der Waals surface area (Å²) in [6.45, 7) is 3.55. The molecule has 8 heteroatoms. The Morgan fingerprint density at radius 2 is 1.56 bits per heavy atom. The molecule has 0 saturated heterocycles. The van der Waals surface area contributed by atoms with Crippen LogP contribution in [0.3, 0.4) is 0 Å². The van der Waals surface area contributed by atoms with Gasteiger partial charge in [0, 0.05) is 24.9 Å². The van der Waals surface area contributed by atoms with E-state index in [-0.39, 0.29) is 31.4 Å². The van der Waals surface area contributed by atoms with E-state index in [9.17, 15) is 19.5 Å². The number of aliphatic hydroxyl groups excluding tert-OH is 1. The smallest absolute Gasteiger partial charge is 0.407 e. The molecular formula is C24H28N2O6. The van der Waals surface area contributed by atoms with E-state index in [0.29, 0.717) is 0 Å². The highest BCUT2D eigenvalue weighted by Crippen LogP contribution is 2.44.